The molecule has 0 aromatic heterocycles. The number of carbonyl (C=O) groups is 2. The van der Waals surface area contributed by atoms with Gasteiger partial charge >= 0.3 is 0 Å². The number of carbonyl (C=O) groups excluding carboxylic acids is 2. The lowest BCUT2D eigenvalue weighted by molar-refractivity contribution is -0.117. The lowest BCUT2D eigenvalue weighted by Crippen LogP contribution is -2.27. The van der Waals surface area contributed by atoms with Gasteiger partial charge in [-0.15, -0.1) is 0 Å². The Morgan fingerprint density at radius 1 is 1.04 bits per heavy atom. The van der Waals surface area contributed by atoms with Crippen LogP contribution in [-0.4, -0.2) is 44.1 Å². The van der Waals surface area contributed by atoms with E-state index < -0.39 is 21.8 Å². The van der Waals surface area contributed by atoms with E-state index in [0.29, 0.717) is 11.1 Å². The van der Waals surface area contributed by atoms with Crippen molar-refractivity contribution in [1.82, 2.24) is 10.6 Å². The summed E-state index contributed by atoms with van der Waals surface area (Å²) in [5.74, 6) is -1.07. The maximum atomic E-state index is 11.9. The first-order valence-corrected chi connectivity index (χ1v) is 9.16. The fourth-order valence-electron chi connectivity index (χ4n) is 1.61. The Morgan fingerprint density at radius 2 is 1.54 bits per heavy atom. The summed E-state index contributed by atoms with van der Waals surface area (Å²) in [4.78, 5) is 23.5. The van der Waals surface area contributed by atoms with E-state index in [1.807, 2.05) is 13.8 Å². The van der Waals surface area contributed by atoms with E-state index in [9.17, 15) is 18.0 Å². The minimum Gasteiger partial charge on any atom is -0.355 e. The maximum Gasteiger partial charge on any atom is 0.264 e. The van der Waals surface area contributed by atoms with Crippen LogP contribution < -0.4 is 10.6 Å². The molecule has 0 fully saturated rings. The standard InChI is InChI=1S/C14H18N2O5S.C2H6/c1-15-13(17)11-5-2-3-6-12(8-7-11)14(18)16-9-4-10-22(19,20)21;1-2/h2-3,5-8H,4,9-10H2,1H3,(H,15,17)(H,16,18)(H,19,20,21);1-2H3/b3-2?,5-2-,6-3-,8-7?,11-5?,11-7+,12-6?,12-8+;. The molecule has 7 nitrogen and oxygen atoms in total. The highest BCUT2D eigenvalue weighted by Crippen LogP contribution is 2.07. The quantitative estimate of drug-likeness (QED) is 0.488. The molecular weight excluding hydrogens is 332 g/mol. The summed E-state index contributed by atoms with van der Waals surface area (Å²) >= 11 is 0. The van der Waals surface area contributed by atoms with Gasteiger partial charge < -0.3 is 10.6 Å². The average Bonchev–Trinajstić information content (AvgIpc) is 2.52. The maximum absolute atomic E-state index is 11.9. The molecule has 0 unspecified atom stereocenters. The van der Waals surface area contributed by atoms with E-state index in [2.05, 4.69) is 10.6 Å². The van der Waals surface area contributed by atoms with Crippen molar-refractivity contribution in [1.29, 1.82) is 0 Å². The van der Waals surface area contributed by atoms with Crippen molar-refractivity contribution >= 4 is 21.9 Å². The summed E-state index contributed by atoms with van der Waals surface area (Å²) in [5, 5.41) is 5.03. The van der Waals surface area contributed by atoms with Gasteiger partial charge in [0, 0.05) is 24.7 Å². The largest absolute Gasteiger partial charge is 0.355 e. The summed E-state index contributed by atoms with van der Waals surface area (Å²) in [7, 11) is -2.51. The van der Waals surface area contributed by atoms with Crippen LogP contribution in [0.15, 0.2) is 47.6 Å². The highest BCUT2D eigenvalue weighted by molar-refractivity contribution is 7.85. The molecule has 0 aromatic carbocycles. The molecule has 134 valence electrons. The molecule has 1 rings (SSSR count). The minimum absolute atomic E-state index is 0.112. The third-order valence-corrected chi connectivity index (χ3v) is 3.53. The SMILES string of the molecule is CC.CNC(=O)C1=C/C=C(C(=O)NCCCS(=O)(=O)O)\C=C/C=C\1. The Labute approximate surface area is 143 Å². The molecule has 8 heteroatoms. The molecule has 0 saturated carbocycles. The molecule has 0 heterocycles. The van der Waals surface area contributed by atoms with Crippen LogP contribution in [0.2, 0.25) is 0 Å². The molecule has 0 bridgehead atoms. The molecule has 0 aliphatic heterocycles. The Hall–Kier alpha value is -2.19. The number of allylic oxidation sites excluding steroid dienone is 4. The zero-order valence-corrected chi connectivity index (χ0v) is 14.9. The van der Waals surface area contributed by atoms with Crippen molar-refractivity contribution in [3.63, 3.8) is 0 Å². The summed E-state index contributed by atoms with van der Waals surface area (Å²) in [6.07, 6.45) is 9.59. The van der Waals surface area contributed by atoms with Gasteiger partial charge in [0.25, 0.3) is 21.9 Å². The first kappa shape index (κ1) is 21.8. The van der Waals surface area contributed by atoms with Gasteiger partial charge in [0.05, 0.1) is 5.75 Å². The zero-order chi connectivity index (χ0) is 18.6. The number of likely N-dealkylation sites (N-methyl/N-ethyl adjacent to an activating group) is 1. The average molecular weight is 356 g/mol. The van der Waals surface area contributed by atoms with Crippen molar-refractivity contribution < 1.29 is 22.6 Å². The second-order valence-electron chi connectivity index (χ2n) is 4.44. The van der Waals surface area contributed by atoms with Gasteiger partial charge in [-0.05, 0) is 30.7 Å². The van der Waals surface area contributed by atoms with Gasteiger partial charge in [0.15, 0.2) is 0 Å². The third kappa shape index (κ3) is 9.06. The first-order valence-electron chi connectivity index (χ1n) is 7.55. The highest BCUT2D eigenvalue weighted by Gasteiger charge is 2.09. The molecule has 2 amide bonds. The highest BCUT2D eigenvalue weighted by atomic mass is 32.2. The zero-order valence-electron chi connectivity index (χ0n) is 14.1. The second-order valence-corrected chi connectivity index (χ2v) is 6.01. The Morgan fingerprint density at radius 3 is 2.00 bits per heavy atom. The smallest absolute Gasteiger partial charge is 0.264 e. The van der Waals surface area contributed by atoms with Crippen molar-refractivity contribution in [2.45, 2.75) is 20.3 Å². The Bertz CT molecular complexity index is 658. The number of hydrogen-bond donors (Lipinski definition) is 3. The predicted molar refractivity (Wildman–Crippen MR) is 93.9 cm³/mol. The minimum atomic E-state index is -4.02. The van der Waals surface area contributed by atoms with Crippen molar-refractivity contribution in [2.75, 3.05) is 19.3 Å². The van der Waals surface area contributed by atoms with Crippen LogP contribution in [0.25, 0.3) is 0 Å². The van der Waals surface area contributed by atoms with Gasteiger partial charge in [-0.1, -0.05) is 26.0 Å². The third-order valence-electron chi connectivity index (χ3n) is 2.72. The normalized spacial score (nSPS) is 20.5. The molecule has 0 radical (unpaired) electrons. The van der Waals surface area contributed by atoms with E-state index in [0.717, 1.165) is 0 Å². The van der Waals surface area contributed by atoms with E-state index in [4.69, 9.17) is 4.55 Å². The second kappa shape index (κ2) is 11.4. The molecule has 0 atom stereocenters. The lowest BCUT2D eigenvalue weighted by Gasteiger charge is -2.06. The molecule has 24 heavy (non-hydrogen) atoms. The predicted octanol–water partition coefficient (Wildman–Crippen LogP) is 1.13. The van der Waals surface area contributed by atoms with Crippen LogP contribution in [0.1, 0.15) is 20.3 Å². The molecule has 3 N–H and O–H groups in total. The van der Waals surface area contributed by atoms with Crippen molar-refractivity contribution in [3.05, 3.63) is 47.6 Å². The van der Waals surface area contributed by atoms with Crippen LogP contribution in [0.3, 0.4) is 0 Å². The molecule has 0 aromatic rings. The van der Waals surface area contributed by atoms with E-state index in [-0.39, 0.29) is 18.9 Å². The number of hydrogen-bond acceptors (Lipinski definition) is 4. The summed E-state index contributed by atoms with van der Waals surface area (Å²) in [6, 6.07) is 0. The molecule has 0 spiro atoms. The molecule has 0 saturated heterocycles. The summed E-state index contributed by atoms with van der Waals surface area (Å²) < 4.78 is 29.7. The summed E-state index contributed by atoms with van der Waals surface area (Å²) in [6.45, 7) is 4.12. The Balaban J connectivity index is 0.00000254. The molecule has 1 aliphatic carbocycles. The summed E-state index contributed by atoms with van der Waals surface area (Å²) in [5.41, 5.74) is 0.737. The van der Waals surface area contributed by atoms with Crippen molar-refractivity contribution in [2.24, 2.45) is 0 Å². The van der Waals surface area contributed by atoms with Crippen LogP contribution >= 0.6 is 0 Å². The number of amides is 2. The van der Waals surface area contributed by atoms with Gasteiger partial charge in [-0.25, -0.2) is 0 Å². The van der Waals surface area contributed by atoms with Gasteiger partial charge in [0.2, 0.25) is 0 Å². The molecular formula is C16H24N2O5S. The van der Waals surface area contributed by atoms with E-state index in [1.165, 1.54) is 19.2 Å². The first-order chi connectivity index (χ1) is 11.3. The van der Waals surface area contributed by atoms with Gasteiger partial charge in [0.1, 0.15) is 0 Å². The number of rotatable bonds is 6. The van der Waals surface area contributed by atoms with Crippen molar-refractivity contribution in [3.8, 4) is 0 Å². The van der Waals surface area contributed by atoms with Crippen LogP contribution in [-0.2, 0) is 19.7 Å². The topological polar surface area (TPSA) is 113 Å². The van der Waals surface area contributed by atoms with E-state index >= 15 is 0 Å². The Kier molecular flexibility index (Phi) is 10.3. The van der Waals surface area contributed by atoms with Crippen LogP contribution in [0.5, 0.6) is 0 Å². The van der Waals surface area contributed by atoms with Gasteiger partial charge in [-0.3, -0.25) is 14.1 Å². The van der Waals surface area contributed by atoms with E-state index in [1.54, 1.807) is 24.3 Å². The van der Waals surface area contributed by atoms with Crippen LogP contribution in [0.4, 0.5) is 0 Å². The monoisotopic (exact) mass is 356 g/mol. The number of nitrogens with one attached hydrogen (secondary N) is 2. The fraction of sp³-hybridized carbons (Fsp3) is 0.375. The van der Waals surface area contributed by atoms with Crippen LogP contribution in [0, 0.1) is 0 Å². The van der Waals surface area contributed by atoms with Gasteiger partial charge in [-0.2, -0.15) is 8.42 Å². The lowest BCUT2D eigenvalue weighted by atomic mass is 10.1. The fourth-order valence-corrected chi connectivity index (χ4v) is 2.12. The molecule has 1 aliphatic rings.